The maximum absolute atomic E-state index is 13.5. The molecule has 9 nitrogen and oxygen atoms in total. The van der Waals surface area contributed by atoms with Crippen LogP contribution in [0.15, 0.2) is 59.1 Å². The zero-order valence-electron chi connectivity index (χ0n) is 19.9. The fourth-order valence-corrected chi connectivity index (χ4v) is 3.93. The lowest BCUT2D eigenvalue weighted by Crippen LogP contribution is -2.42. The normalized spacial score (nSPS) is 13.4. The van der Waals surface area contributed by atoms with Crippen molar-refractivity contribution in [3.8, 4) is 22.8 Å². The van der Waals surface area contributed by atoms with E-state index in [4.69, 9.17) is 18.7 Å². The topological polar surface area (TPSA) is 94.3 Å². The summed E-state index contributed by atoms with van der Waals surface area (Å²) in [6, 6.07) is 16.5. The predicted molar refractivity (Wildman–Crippen MR) is 128 cm³/mol. The lowest BCUT2D eigenvalue weighted by molar-refractivity contribution is -0.135. The molecule has 0 bridgehead atoms. The van der Waals surface area contributed by atoms with Crippen molar-refractivity contribution in [1.82, 2.24) is 15.0 Å². The molecule has 35 heavy (non-hydrogen) atoms. The molecule has 0 aliphatic carbocycles. The highest BCUT2D eigenvalue weighted by molar-refractivity contribution is 5.93. The summed E-state index contributed by atoms with van der Waals surface area (Å²) >= 11 is 0. The molecule has 1 aliphatic heterocycles. The largest absolute Gasteiger partial charge is 0.497 e. The van der Waals surface area contributed by atoms with Crippen LogP contribution in [0.25, 0.3) is 11.3 Å². The van der Waals surface area contributed by atoms with Crippen LogP contribution < -0.4 is 9.47 Å². The minimum atomic E-state index is -0.319. The predicted octanol–water partition coefficient (Wildman–Crippen LogP) is 3.25. The van der Waals surface area contributed by atoms with Crippen molar-refractivity contribution in [2.24, 2.45) is 0 Å². The molecular formula is C26H29N3O6. The fraction of sp³-hybridized carbons (Fsp3) is 0.346. The Morgan fingerprint density at radius 3 is 2.51 bits per heavy atom. The first-order valence-electron chi connectivity index (χ1n) is 11.5. The Kier molecular flexibility index (Phi) is 7.99. The van der Waals surface area contributed by atoms with Crippen LogP contribution >= 0.6 is 0 Å². The number of hydrogen-bond donors (Lipinski definition) is 0. The molecule has 0 saturated carbocycles. The molecule has 184 valence electrons. The Bertz CT molecular complexity index is 1140. The van der Waals surface area contributed by atoms with E-state index < -0.39 is 0 Å². The molecule has 1 saturated heterocycles. The number of amides is 2. The Hall–Kier alpha value is -3.85. The van der Waals surface area contributed by atoms with Gasteiger partial charge in [0.25, 0.3) is 5.91 Å². The number of benzene rings is 2. The van der Waals surface area contributed by atoms with Crippen LogP contribution in [0.2, 0.25) is 0 Å². The molecule has 4 rings (SSSR count). The van der Waals surface area contributed by atoms with E-state index in [0.717, 1.165) is 5.56 Å². The lowest BCUT2D eigenvalue weighted by atomic mass is 10.1. The summed E-state index contributed by atoms with van der Waals surface area (Å²) in [6.45, 7) is 2.82. The Balaban J connectivity index is 1.54. The van der Waals surface area contributed by atoms with E-state index in [2.05, 4.69) is 5.16 Å². The number of ether oxygens (including phenoxy) is 3. The average Bonchev–Trinajstić information content (AvgIpc) is 3.41. The second-order valence-corrected chi connectivity index (χ2v) is 8.10. The van der Waals surface area contributed by atoms with Crippen LogP contribution in [-0.4, -0.2) is 73.8 Å². The Labute approximate surface area is 204 Å². The van der Waals surface area contributed by atoms with Gasteiger partial charge in [-0.2, -0.15) is 0 Å². The van der Waals surface area contributed by atoms with Gasteiger partial charge >= 0.3 is 0 Å². The second-order valence-electron chi connectivity index (χ2n) is 8.10. The molecule has 0 unspecified atom stereocenters. The van der Waals surface area contributed by atoms with Gasteiger partial charge in [-0.25, -0.2) is 0 Å². The number of morpholine rings is 1. The van der Waals surface area contributed by atoms with Crippen molar-refractivity contribution < 1.29 is 28.3 Å². The third kappa shape index (κ3) is 5.99. The highest BCUT2D eigenvalue weighted by atomic mass is 16.5. The number of hydrogen-bond acceptors (Lipinski definition) is 7. The van der Waals surface area contributed by atoms with Gasteiger partial charge in [0.15, 0.2) is 11.5 Å². The van der Waals surface area contributed by atoms with Gasteiger partial charge in [-0.05, 0) is 23.8 Å². The third-order valence-corrected chi connectivity index (χ3v) is 5.86. The van der Waals surface area contributed by atoms with Crippen LogP contribution in [0, 0.1) is 0 Å². The van der Waals surface area contributed by atoms with Crippen LogP contribution in [0.3, 0.4) is 0 Å². The quantitative estimate of drug-likeness (QED) is 0.465. The van der Waals surface area contributed by atoms with Gasteiger partial charge in [0, 0.05) is 38.7 Å². The van der Waals surface area contributed by atoms with E-state index in [9.17, 15) is 9.59 Å². The van der Waals surface area contributed by atoms with Gasteiger partial charge in [-0.3, -0.25) is 9.59 Å². The average molecular weight is 480 g/mol. The maximum Gasteiger partial charge on any atom is 0.276 e. The van der Waals surface area contributed by atoms with Gasteiger partial charge in [0.05, 0.1) is 33.0 Å². The molecule has 2 heterocycles. The summed E-state index contributed by atoms with van der Waals surface area (Å²) in [5.41, 5.74) is 1.73. The lowest BCUT2D eigenvalue weighted by Gasteiger charge is -2.28. The van der Waals surface area contributed by atoms with Crippen molar-refractivity contribution in [2.45, 2.75) is 13.0 Å². The number of nitrogens with zero attached hydrogens (tertiary/aromatic N) is 3. The molecule has 0 N–H and O–H groups in total. The molecule has 0 radical (unpaired) electrons. The molecule has 0 atom stereocenters. The molecule has 2 amide bonds. The fourth-order valence-electron chi connectivity index (χ4n) is 3.93. The molecule has 2 aromatic carbocycles. The van der Waals surface area contributed by atoms with Crippen molar-refractivity contribution in [3.63, 3.8) is 0 Å². The number of rotatable bonds is 9. The third-order valence-electron chi connectivity index (χ3n) is 5.86. The summed E-state index contributed by atoms with van der Waals surface area (Å²) < 4.78 is 21.6. The highest BCUT2D eigenvalue weighted by Gasteiger charge is 2.24. The monoisotopic (exact) mass is 479 g/mol. The van der Waals surface area contributed by atoms with Crippen LogP contribution in [-0.2, 0) is 16.1 Å². The first kappa shape index (κ1) is 24.3. The molecule has 3 aromatic rings. The number of carbonyl (C=O) groups is 2. The van der Waals surface area contributed by atoms with E-state index in [1.54, 1.807) is 48.3 Å². The zero-order chi connectivity index (χ0) is 24.6. The van der Waals surface area contributed by atoms with Crippen molar-refractivity contribution in [3.05, 3.63) is 65.9 Å². The van der Waals surface area contributed by atoms with Gasteiger partial charge in [0.2, 0.25) is 5.91 Å². The summed E-state index contributed by atoms with van der Waals surface area (Å²) in [7, 11) is 3.13. The van der Waals surface area contributed by atoms with E-state index in [1.165, 1.54) is 0 Å². The van der Waals surface area contributed by atoms with E-state index >= 15 is 0 Å². The van der Waals surface area contributed by atoms with E-state index in [-0.39, 0.29) is 30.5 Å². The van der Waals surface area contributed by atoms with E-state index in [1.807, 2.05) is 30.3 Å². The van der Waals surface area contributed by atoms with Crippen molar-refractivity contribution >= 4 is 11.8 Å². The van der Waals surface area contributed by atoms with Gasteiger partial charge in [-0.1, -0.05) is 35.5 Å². The Morgan fingerprint density at radius 1 is 1.03 bits per heavy atom. The van der Waals surface area contributed by atoms with Gasteiger partial charge in [-0.15, -0.1) is 0 Å². The van der Waals surface area contributed by atoms with Crippen LogP contribution in [0.4, 0.5) is 0 Å². The Morgan fingerprint density at radius 2 is 1.80 bits per heavy atom. The van der Waals surface area contributed by atoms with Crippen LogP contribution in [0.1, 0.15) is 22.5 Å². The summed E-state index contributed by atoms with van der Waals surface area (Å²) in [4.78, 5) is 29.6. The summed E-state index contributed by atoms with van der Waals surface area (Å²) in [5.74, 6) is 1.25. The smallest absolute Gasteiger partial charge is 0.276 e. The highest BCUT2D eigenvalue weighted by Crippen LogP contribution is 2.34. The molecular weight excluding hydrogens is 450 g/mol. The van der Waals surface area contributed by atoms with E-state index in [0.29, 0.717) is 55.7 Å². The first-order chi connectivity index (χ1) is 17.1. The van der Waals surface area contributed by atoms with Gasteiger partial charge < -0.3 is 28.5 Å². The molecule has 1 aromatic heterocycles. The standard InChI is InChI=1S/C26H29N3O6/c1-32-20-8-9-23(33-2)21(16-20)24-17-22(27-35-24)26(31)29(18-19-6-4-3-5-7-19)11-10-25(30)28-12-14-34-15-13-28/h3-9,16-17H,10-15,18H2,1-2H3. The maximum atomic E-state index is 13.5. The minimum Gasteiger partial charge on any atom is -0.497 e. The zero-order valence-corrected chi connectivity index (χ0v) is 19.9. The van der Waals surface area contributed by atoms with Crippen molar-refractivity contribution in [1.29, 1.82) is 0 Å². The second kappa shape index (κ2) is 11.5. The number of aromatic nitrogens is 1. The molecule has 1 fully saturated rings. The number of methoxy groups -OCH3 is 2. The minimum absolute atomic E-state index is 0.00104. The number of carbonyl (C=O) groups excluding carboxylic acids is 2. The molecule has 0 spiro atoms. The molecule has 1 aliphatic rings. The summed E-state index contributed by atoms with van der Waals surface area (Å²) in [5, 5.41) is 4.03. The summed E-state index contributed by atoms with van der Waals surface area (Å²) in [6.07, 6.45) is 0.215. The first-order valence-corrected chi connectivity index (χ1v) is 11.5. The van der Waals surface area contributed by atoms with Crippen LogP contribution in [0.5, 0.6) is 11.5 Å². The van der Waals surface area contributed by atoms with Gasteiger partial charge in [0.1, 0.15) is 11.5 Å². The molecule has 9 heteroatoms. The van der Waals surface area contributed by atoms with Crippen molar-refractivity contribution in [2.75, 3.05) is 47.1 Å². The SMILES string of the molecule is COc1ccc(OC)c(-c2cc(C(=O)N(CCC(=O)N3CCOCC3)Cc3ccccc3)no2)c1.